The fraction of sp³-hybridized carbons (Fsp3) is 0.179. The van der Waals surface area contributed by atoms with Crippen molar-refractivity contribution in [3.8, 4) is 5.75 Å². The molecule has 35 heavy (non-hydrogen) atoms. The lowest BCUT2D eigenvalue weighted by atomic mass is 9.82. The van der Waals surface area contributed by atoms with E-state index < -0.39 is 21.8 Å². The predicted molar refractivity (Wildman–Crippen MR) is 140 cm³/mol. The summed E-state index contributed by atoms with van der Waals surface area (Å²) in [5, 5.41) is 1.38. The number of benzene rings is 4. The Hall–Kier alpha value is -3.16. The van der Waals surface area contributed by atoms with Gasteiger partial charge in [-0.3, -0.25) is 4.79 Å². The summed E-state index contributed by atoms with van der Waals surface area (Å²) in [6.45, 7) is 0.418. The molecule has 1 amide bonds. The first-order valence-corrected chi connectivity index (χ1v) is 13.7. The predicted octanol–water partition coefficient (Wildman–Crippen LogP) is 6.11. The van der Waals surface area contributed by atoms with Crippen molar-refractivity contribution in [3.05, 3.63) is 106 Å². The van der Waals surface area contributed by atoms with Crippen molar-refractivity contribution in [1.82, 2.24) is 4.72 Å². The first kappa shape index (κ1) is 23.6. The van der Waals surface area contributed by atoms with Gasteiger partial charge in [-0.05, 0) is 59.5 Å². The van der Waals surface area contributed by atoms with Gasteiger partial charge in [0.1, 0.15) is 12.4 Å². The number of nitrogens with one attached hydrogen (secondary N) is 1. The Labute approximate surface area is 213 Å². The standard InChI is InChI=1S/C28H24BrNO4S/c29-24-16-17-25(34-18-19-8-2-1-3-9-19)22-13-7-14-23(27(22)24)28(31)30-35(32,33)26-15-6-11-20-10-4-5-12-21(20)26/h1-6,8-12,15-17,23H,7,13-14,18H2,(H,30,31). The van der Waals surface area contributed by atoms with E-state index in [1.807, 2.05) is 60.7 Å². The van der Waals surface area contributed by atoms with Gasteiger partial charge in [0.2, 0.25) is 5.91 Å². The smallest absolute Gasteiger partial charge is 0.264 e. The minimum absolute atomic E-state index is 0.0963. The molecule has 5 rings (SSSR count). The Balaban J connectivity index is 1.43. The highest BCUT2D eigenvalue weighted by molar-refractivity contribution is 9.10. The van der Waals surface area contributed by atoms with Crippen LogP contribution in [0.2, 0.25) is 0 Å². The van der Waals surface area contributed by atoms with Crippen LogP contribution in [-0.4, -0.2) is 14.3 Å². The van der Waals surface area contributed by atoms with Crippen molar-refractivity contribution in [1.29, 1.82) is 0 Å². The highest BCUT2D eigenvalue weighted by atomic mass is 79.9. The quantitative estimate of drug-likeness (QED) is 0.315. The normalized spacial score (nSPS) is 15.4. The average Bonchev–Trinajstić information content (AvgIpc) is 2.88. The molecule has 1 aliphatic rings. The molecule has 7 heteroatoms. The van der Waals surface area contributed by atoms with Gasteiger partial charge in [0.25, 0.3) is 10.0 Å². The molecule has 178 valence electrons. The number of ether oxygens (including phenoxy) is 1. The van der Waals surface area contributed by atoms with E-state index in [-0.39, 0.29) is 4.90 Å². The Kier molecular flexibility index (Phi) is 6.62. The van der Waals surface area contributed by atoms with Crippen LogP contribution in [0.4, 0.5) is 0 Å². The SMILES string of the molecule is O=C(NS(=O)(=O)c1cccc2ccccc12)C1CCCc2c(OCc3ccccc3)ccc(Br)c21. The summed E-state index contributed by atoms with van der Waals surface area (Å²) in [4.78, 5) is 13.5. The molecule has 4 aromatic carbocycles. The average molecular weight is 550 g/mol. The molecule has 0 fully saturated rings. The monoisotopic (exact) mass is 549 g/mol. The van der Waals surface area contributed by atoms with Crippen molar-refractivity contribution in [2.75, 3.05) is 0 Å². The molecule has 1 atom stereocenters. The molecule has 0 saturated carbocycles. The zero-order valence-corrected chi connectivity index (χ0v) is 21.3. The highest BCUT2D eigenvalue weighted by Crippen LogP contribution is 2.41. The number of rotatable bonds is 6. The third-order valence-corrected chi connectivity index (χ3v) is 8.45. The number of sulfonamides is 1. The first-order chi connectivity index (χ1) is 16.9. The largest absolute Gasteiger partial charge is 0.489 e. The summed E-state index contributed by atoms with van der Waals surface area (Å²) < 4.78 is 35.8. The van der Waals surface area contributed by atoms with E-state index >= 15 is 0 Å². The van der Waals surface area contributed by atoms with E-state index in [0.29, 0.717) is 18.4 Å². The number of halogens is 1. The van der Waals surface area contributed by atoms with Crippen molar-refractivity contribution in [2.45, 2.75) is 36.7 Å². The molecular weight excluding hydrogens is 526 g/mol. The Morgan fingerprint density at radius 1 is 0.943 bits per heavy atom. The first-order valence-electron chi connectivity index (χ1n) is 11.5. The molecule has 0 radical (unpaired) electrons. The summed E-state index contributed by atoms with van der Waals surface area (Å²) >= 11 is 3.59. The zero-order chi connectivity index (χ0) is 24.4. The molecule has 0 heterocycles. The maximum atomic E-state index is 13.4. The van der Waals surface area contributed by atoms with Crippen LogP contribution in [0.5, 0.6) is 5.75 Å². The summed E-state index contributed by atoms with van der Waals surface area (Å²) in [6, 6.07) is 25.9. The molecule has 4 aromatic rings. The van der Waals surface area contributed by atoms with E-state index in [1.165, 1.54) is 6.07 Å². The van der Waals surface area contributed by atoms with Gasteiger partial charge in [-0.15, -0.1) is 0 Å². The number of carbonyl (C=O) groups is 1. The number of amides is 1. The van der Waals surface area contributed by atoms with E-state index in [1.54, 1.807) is 18.2 Å². The van der Waals surface area contributed by atoms with E-state index in [0.717, 1.165) is 45.1 Å². The topological polar surface area (TPSA) is 72.5 Å². The lowest BCUT2D eigenvalue weighted by Gasteiger charge is -2.27. The van der Waals surface area contributed by atoms with Crippen LogP contribution in [0.15, 0.2) is 94.3 Å². The molecule has 0 bridgehead atoms. The van der Waals surface area contributed by atoms with Gasteiger partial charge in [-0.25, -0.2) is 13.1 Å². The molecule has 5 nitrogen and oxygen atoms in total. The summed E-state index contributed by atoms with van der Waals surface area (Å²) in [5.41, 5.74) is 2.80. The number of fused-ring (bicyclic) bond motifs is 2. The van der Waals surface area contributed by atoms with Crippen LogP contribution in [0.1, 0.15) is 35.4 Å². The minimum atomic E-state index is -4.05. The van der Waals surface area contributed by atoms with E-state index in [2.05, 4.69) is 20.7 Å². The third kappa shape index (κ3) is 4.83. The Bertz CT molecular complexity index is 1500. The second-order valence-electron chi connectivity index (χ2n) is 8.60. The fourth-order valence-electron chi connectivity index (χ4n) is 4.70. The molecule has 0 saturated heterocycles. The highest BCUT2D eigenvalue weighted by Gasteiger charge is 2.33. The third-order valence-electron chi connectivity index (χ3n) is 6.36. The minimum Gasteiger partial charge on any atom is -0.489 e. The summed E-state index contributed by atoms with van der Waals surface area (Å²) in [5.74, 6) is -0.403. The molecule has 0 spiro atoms. The maximum Gasteiger partial charge on any atom is 0.264 e. The van der Waals surface area contributed by atoms with Crippen LogP contribution >= 0.6 is 15.9 Å². The lowest BCUT2D eigenvalue weighted by molar-refractivity contribution is -0.121. The lowest BCUT2D eigenvalue weighted by Crippen LogP contribution is -2.36. The van der Waals surface area contributed by atoms with Crippen molar-refractivity contribution >= 4 is 42.6 Å². The second-order valence-corrected chi connectivity index (χ2v) is 11.1. The van der Waals surface area contributed by atoms with Crippen LogP contribution in [0, 0.1) is 0 Å². The van der Waals surface area contributed by atoms with Crippen LogP contribution in [0.3, 0.4) is 0 Å². The van der Waals surface area contributed by atoms with E-state index in [4.69, 9.17) is 4.74 Å². The van der Waals surface area contributed by atoms with Crippen LogP contribution in [-0.2, 0) is 27.8 Å². The van der Waals surface area contributed by atoms with Gasteiger partial charge in [-0.1, -0.05) is 82.7 Å². The summed E-state index contributed by atoms with van der Waals surface area (Å²) in [6.07, 6.45) is 2.08. The Morgan fingerprint density at radius 3 is 2.51 bits per heavy atom. The molecule has 1 aliphatic carbocycles. The van der Waals surface area contributed by atoms with Gasteiger partial charge in [0.05, 0.1) is 10.8 Å². The molecule has 1 unspecified atom stereocenters. The molecular formula is C28H24BrNO4S. The Morgan fingerprint density at radius 2 is 1.69 bits per heavy atom. The van der Waals surface area contributed by atoms with Gasteiger partial charge in [0.15, 0.2) is 0 Å². The zero-order valence-electron chi connectivity index (χ0n) is 18.9. The number of carbonyl (C=O) groups excluding carboxylic acids is 1. The molecule has 0 aliphatic heterocycles. The molecule has 0 aromatic heterocycles. The number of hydrogen-bond donors (Lipinski definition) is 1. The summed E-state index contributed by atoms with van der Waals surface area (Å²) in [7, 11) is -4.05. The second kappa shape index (κ2) is 9.84. The van der Waals surface area contributed by atoms with Gasteiger partial charge in [-0.2, -0.15) is 0 Å². The van der Waals surface area contributed by atoms with Crippen molar-refractivity contribution < 1.29 is 17.9 Å². The van der Waals surface area contributed by atoms with Gasteiger partial charge in [0, 0.05) is 9.86 Å². The maximum absolute atomic E-state index is 13.4. The van der Waals surface area contributed by atoms with Gasteiger partial charge >= 0.3 is 0 Å². The van der Waals surface area contributed by atoms with E-state index in [9.17, 15) is 13.2 Å². The fourth-order valence-corrected chi connectivity index (χ4v) is 6.60. The van der Waals surface area contributed by atoms with Gasteiger partial charge < -0.3 is 4.74 Å². The van der Waals surface area contributed by atoms with Crippen LogP contribution < -0.4 is 9.46 Å². The molecule has 1 N–H and O–H groups in total. The van der Waals surface area contributed by atoms with Crippen LogP contribution in [0.25, 0.3) is 10.8 Å². The van der Waals surface area contributed by atoms with Crippen molar-refractivity contribution in [2.24, 2.45) is 0 Å². The van der Waals surface area contributed by atoms with Crippen molar-refractivity contribution in [3.63, 3.8) is 0 Å². The number of hydrogen-bond acceptors (Lipinski definition) is 4.